The van der Waals surface area contributed by atoms with Gasteiger partial charge >= 0.3 is 0 Å². The highest BCUT2D eigenvalue weighted by Gasteiger charge is 2.17. The highest BCUT2D eigenvalue weighted by molar-refractivity contribution is 7.20. The molecule has 17 heavy (non-hydrogen) atoms. The molecule has 0 fully saturated rings. The molecule has 90 valence electrons. The largest absolute Gasteiger partial charge is 0.113 e. The van der Waals surface area contributed by atoms with Gasteiger partial charge in [0.25, 0.3) is 0 Å². The summed E-state index contributed by atoms with van der Waals surface area (Å²) in [5.74, 6) is 0. The minimum atomic E-state index is -0.246. The fourth-order valence-corrected chi connectivity index (χ4v) is 3.81. The predicted molar refractivity (Wildman–Crippen MR) is 78.0 cm³/mol. The van der Waals surface area contributed by atoms with E-state index in [1.54, 1.807) is 0 Å². The molecule has 0 nitrogen and oxygen atoms in total. The van der Waals surface area contributed by atoms with Crippen LogP contribution in [0.1, 0.15) is 27.6 Å². The molecule has 0 saturated carbocycles. The summed E-state index contributed by atoms with van der Waals surface area (Å²) in [7, 11) is 0. The van der Waals surface area contributed by atoms with Crippen LogP contribution < -0.4 is 0 Å². The van der Waals surface area contributed by atoms with Crippen LogP contribution in [0, 0.1) is 13.8 Å². The van der Waals surface area contributed by atoms with Gasteiger partial charge in [0.15, 0.2) is 0 Å². The van der Waals surface area contributed by atoms with E-state index in [0.29, 0.717) is 8.67 Å². The average molecular weight is 306 g/mol. The molecule has 0 aliphatic heterocycles. The van der Waals surface area contributed by atoms with Crippen molar-refractivity contribution in [1.82, 2.24) is 0 Å². The topological polar surface area (TPSA) is 0 Å². The molecular formula is C13H11Cl3S. The van der Waals surface area contributed by atoms with Gasteiger partial charge < -0.3 is 0 Å². The lowest BCUT2D eigenvalue weighted by molar-refractivity contribution is 1.13. The monoisotopic (exact) mass is 304 g/mol. The van der Waals surface area contributed by atoms with Crippen LogP contribution in [0.2, 0.25) is 8.67 Å². The van der Waals surface area contributed by atoms with Crippen molar-refractivity contribution in [1.29, 1.82) is 0 Å². The van der Waals surface area contributed by atoms with Crippen LogP contribution in [0.5, 0.6) is 0 Å². The first-order chi connectivity index (χ1) is 7.97. The third kappa shape index (κ3) is 2.97. The molecule has 1 aromatic carbocycles. The number of benzene rings is 1. The van der Waals surface area contributed by atoms with E-state index in [0.717, 1.165) is 11.1 Å². The Morgan fingerprint density at radius 1 is 1.00 bits per heavy atom. The number of rotatable bonds is 2. The van der Waals surface area contributed by atoms with Crippen LogP contribution in [0.15, 0.2) is 24.3 Å². The van der Waals surface area contributed by atoms with Gasteiger partial charge in [0.2, 0.25) is 0 Å². The van der Waals surface area contributed by atoms with Gasteiger partial charge in [-0.3, -0.25) is 0 Å². The Kier molecular flexibility index (Phi) is 4.04. The molecule has 2 rings (SSSR count). The number of thiophene rings is 1. The first-order valence-corrected chi connectivity index (χ1v) is 7.15. The normalized spacial score (nSPS) is 12.8. The van der Waals surface area contributed by atoms with Crippen LogP contribution in [-0.4, -0.2) is 0 Å². The van der Waals surface area contributed by atoms with Gasteiger partial charge in [-0.25, -0.2) is 0 Å². The average Bonchev–Trinajstić information content (AvgIpc) is 2.55. The van der Waals surface area contributed by atoms with Crippen molar-refractivity contribution < 1.29 is 0 Å². The van der Waals surface area contributed by atoms with E-state index in [4.69, 9.17) is 34.8 Å². The maximum absolute atomic E-state index is 6.46. The molecule has 1 aromatic heterocycles. The summed E-state index contributed by atoms with van der Waals surface area (Å²) in [4.78, 5) is 0. The summed E-state index contributed by atoms with van der Waals surface area (Å²) in [5, 5.41) is -0.246. The van der Waals surface area contributed by atoms with Gasteiger partial charge in [-0.2, -0.15) is 0 Å². The Morgan fingerprint density at radius 3 is 2.06 bits per heavy atom. The molecule has 0 saturated heterocycles. The Balaban J connectivity index is 2.43. The van der Waals surface area contributed by atoms with E-state index in [-0.39, 0.29) is 5.38 Å². The second-order valence-electron chi connectivity index (χ2n) is 4.06. The maximum Gasteiger partial charge on any atom is 0.0994 e. The van der Waals surface area contributed by atoms with Crippen molar-refractivity contribution in [3.8, 4) is 0 Å². The minimum Gasteiger partial charge on any atom is -0.113 e. The van der Waals surface area contributed by atoms with Crippen LogP contribution in [0.4, 0.5) is 0 Å². The van der Waals surface area contributed by atoms with Gasteiger partial charge in [-0.05, 0) is 25.5 Å². The fraction of sp³-hybridized carbons (Fsp3) is 0.231. The zero-order valence-electron chi connectivity index (χ0n) is 9.43. The molecule has 0 aliphatic rings. The molecule has 0 N–H and O–H groups in total. The summed E-state index contributed by atoms with van der Waals surface area (Å²) in [6.07, 6.45) is 0. The van der Waals surface area contributed by atoms with Crippen LogP contribution in [0.3, 0.4) is 0 Å². The Labute approximate surface area is 120 Å². The predicted octanol–water partition coefficient (Wildman–Crippen LogP) is 6.00. The number of aryl methyl sites for hydroxylation is 2. The van der Waals surface area contributed by atoms with E-state index in [1.165, 1.54) is 22.5 Å². The molecule has 2 aromatic rings. The molecule has 0 spiro atoms. The molecule has 0 radical (unpaired) electrons. The number of hydrogen-bond acceptors (Lipinski definition) is 1. The van der Waals surface area contributed by atoms with Gasteiger partial charge in [0, 0.05) is 5.56 Å². The summed E-state index contributed by atoms with van der Waals surface area (Å²) in [5.41, 5.74) is 4.33. The number of halogens is 3. The maximum atomic E-state index is 6.46. The highest BCUT2D eigenvalue weighted by atomic mass is 35.5. The van der Waals surface area contributed by atoms with Crippen molar-refractivity contribution in [3.05, 3.63) is 55.2 Å². The molecule has 4 heteroatoms. The van der Waals surface area contributed by atoms with E-state index >= 15 is 0 Å². The van der Waals surface area contributed by atoms with Crippen LogP contribution in [-0.2, 0) is 0 Å². The van der Waals surface area contributed by atoms with Gasteiger partial charge in [0.05, 0.1) is 14.0 Å². The Hall–Kier alpha value is -0.210. The van der Waals surface area contributed by atoms with Crippen LogP contribution in [0.25, 0.3) is 0 Å². The highest BCUT2D eigenvalue weighted by Crippen LogP contribution is 2.40. The van der Waals surface area contributed by atoms with Crippen molar-refractivity contribution in [2.45, 2.75) is 19.2 Å². The standard InChI is InChI=1S/C13H11Cl3S/c1-7-3-8(2)5-9(4-7)12(15)10-6-11(14)17-13(10)16/h3-6,12H,1-2H3. The molecular weight excluding hydrogens is 295 g/mol. The molecule has 1 heterocycles. The second-order valence-corrected chi connectivity index (χ2v) is 6.79. The van der Waals surface area contributed by atoms with Crippen molar-refractivity contribution in [2.75, 3.05) is 0 Å². The molecule has 0 amide bonds. The summed E-state index contributed by atoms with van der Waals surface area (Å²) in [6, 6.07) is 8.11. The SMILES string of the molecule is Cc1cc(C)cc(C(Cl)c2cc(Cl)sc2Cl)c1. The number of alkyl halides is 1. The van der Waals surface area contributed by atoms with Crippen LogP contribution >= 0.6 is 46.1 Å². The van der Waals surface area contributed by atoms with Crippen molar-refractivity contribution in [3.63, 3.8) is 0 Å². The first-order valence-electron chi connectivity index (χ1n) is 5.14. The summed E-state index contributed by atoms with van der Waals surface area (Å²) >= 11 is 19.9. The third-order valence-electron chi connectivity index (χ3n) is 2.49. The van der Waals surface area contributed by atoms with Crippen molar-refractivity contribution >= 4 is 46.1 Å². The fourth-order valence-electron chi connectivity index (χ4n) is 1.86. The molecule has 1 atom stereocenters. The smallest absolute Gasteiger partial charge is 0.0994 e. The van der Waals surface area contributed by atoms with Crippen molar-refractivity contribution in [2.24, 2.45) is 0 Å². The summed E-state index contributed by atoms with van der Waals surface area (Å²) < 4.78 is 1.33. The molecule has 0 aliphatic carbocycles. The quantitative estimate of drug-likeness (QED) is 0.597. The van der Waals surface area contributed by atoms with E-state index < -0.39 is 0 Å². The lowest BCUT2D eigenvalue weighted by Gasteiger charge is -2.11. The Morgan fingerprint density at radius 2 is 1.59 bits per heavy atom. The molecule has 1 unspecified atom stereocenters. The Bertz CT molecular complexity index is 525. The van der Waals surface area contributed by atoms with E-state index in [9.17, 15) is 0 Å². The minimum absolute atomic E-state index is 0.246. The van der Waals surface area contributed by atoms with Gasteiger partial charge in [-0.1, -0.05) is 52.5 Å². The second kappa shape index (κ2) is 5.19. The van der Waals surface area contributed by atoms with Gasteiger partial charge in [0.1, 0.15) is 0 Å². The lowest BCUT2D eigenvalue weighted by atomic mass is 10.0. The zero-order chi connectivity index (χ0) is 12.6. The summed E-state index contributed by atoms with van der Waals surface area (Å²) in [6.45, 7) is 4.12. The zero-order valence-corrected chi connectivity index (χ0v) is 12.5. The molecule has 0 bridgehead atoms. The third-order valence-corrected chi connectivity index (χ3v) is 4.50. The van der Waals surface area contributed by atoms with E-state index in [1.807, 2.05) is 6.07 Å². The number of hydrogen-bond donors (Lipinski definition) is 0. The lowest BCUT2D eigenvalue weighted by Crippen LogP contribution is -1.93. The van der Waals surface area contributed by atoms with Gasteiger partial charge in [-0.15, -0.1) is 22.9 Å². The first kappa shape index (κ1) is 13.2. The van der Waals surface area contributed by atoms with E-state index in [2.05, 4.69) is 32.0 Å².